The molecule has 3 unspecified atom stereocenters. The zero-order valence-electron chi connectivity index (χ0n) is 10.8. The summed E-state index contributed by atoms with van der Waals surface area (Å²) in [6.07, 6.45) is 3.96. The number of nitrogens with two attached hydrogens (primary N) is 1. The highest BCUT2D eigenvalue weighted by Gasteiger charge is 2.25. The van der Waals surface area contributed by atoms with Gasteiger partial charge in [0, 0.05) is 25.6 Å². The molecule has 0 aliphatic heterocycles. The Labute approximate surface area is 110 Å². The summed E-state index contributed by atoms with van der Waals surface area (Å²) in [4.78, 5) is 11.8. The lowest BCUT2D eigenvalue weighted by molar-refractivity contribution is -0.126. The van der Waals surface area contributed by atoms with Crippen molar-refractivity contribution in [3.63, 3.8) is 0 Å². The molecule has 0 aromatic carbocycles. The number of carbonyl (C=O) groups excluding carboxylic acids is 1. The largest absolute Gasteiger partial charge is 0.384 e. The molecule has 1 aliphatic carbocycles. The maximum absolute atomic E-state index is 11.8. The minimum atomic E-state index is 0. The van der Waals surface area contributed by atoms with Crippen LogP contribution in [-0.4, -0.2) is 32.2 Å². The van der Waals surface area contributed by atoms with Crippen molar-refractivity contribution in [1.82, 2.24) is 5.32 Å². The lowest BCUT2D eigenvalue weighted by Gasteiger charge is -2.26. The Morgan fingerprint density at radius 1 is 1.53 bits per heavy atom. The van der Waals surface area contributed by atoms with E-state index in [9.17, 15) is 4.79 Å². The van der Waals surface area contributed by atoms with E-state index in [1.165, 1.54) is 0 Å². The van der Waals surface area contributed by atoms with Crippen molar-refractivity contribution >= 4 is 18.3 Å². The second kappa shape index (κ2) is 8.72. The van der Waals surface area contributed by atoms with Crippen LogP contribution in [0, 0.1) is 11.8 Å². The van der Waals surface area contributed by atoms with Gasteiger partial charge in [0.2, 0.25) is 5.91 Å². The van der Waals surface area contributed by atoms with Crippen molar-refractivity contribution in [2.24, 2.45) is 17.6 Å². The van der Waals surface area contributed by atoms with Gasteiger partial charge in [-0.2, -0.15) is 0 Å². The van der Waals surface area contributed by atoms with Gasteiger partial charge in [-0.25, -0.2) is 0 Å². The van der Waals surface area contributed by atoms with Crippen LogP contribution in [0.2, 0.25) is 0 Å². The fourth-order valence-corrected chi connectivity index (χ4v) is 2.23. The van der Waals surface area contributed by atoms with Gasteiger partial charge in [-0.05, 0) is 25.2 Å². The lowest BCUT2D eigenvalue weighted by atomic mass is 9.85. The van der Waals surface area contributed by atoms with E-state index >= 15 is 0 Å². The van der Waals surface area contributed by atoms with E-state index in [-0.39, 0.29) is 30.3 Å². The lowest BCUT2D eigenvalue weighted by Crippen LogP contribution is -2.39. The summed E-state index contributed by atoms with van der Waals surface area (Å²) < 4.78 is 5.03. The maximum atomic E-state index is 11.8. The van der Waals surface area contributed by atoms with Crippen LogP contribution in [0.15, 0.2) is 0 Å². The number of hydrogen-bond acceptors (Lipinski definition) is 3. The van der Waals surface area contributed by atoms with E-state index in [0.29, 0.717) is 19.1 Å². The first-order valence-electron chi connectivity index (χ1n) is 6.15. The fourth-order valence-electron chi connectivity index (χ4n) is 2.23. The van der Waals surface area contributed by atoms with Crippen molar-refractivity contribution in [3.8, 4) is 0 Å². The van der Waals surface area contributed by atoms with E-state index in [1.807, 2.05) is 0 Å². The van der Waals surface area contributed by atoms with Gasteiger partial charge < -0.3 is 15.8 Å². The smallest absolute Gasteiger partial charge is 0.223 e. The number of ether oxygens (including phenoxy) is 1. The van der Waals surface area contributed by atoms with Crippen LogP contribution in [0.3, 0.4) is 0 Å². The Morgan fingerprint density at radius 2 is 2.24 bits per heavy atom. The Bertz CT molecular complexity index is 227. The molecule has 0 bridgehead atoms. The summed E-state index contributed by atoms with van der Waals surface area (Å²) in [5.41, 5.74) is 5.87. The number of hydrogen-bond donors (Lipinski definition) is 2. The summed E-state index contributed by atoms with van der Waals surface area (Å²) in [5, 5.41) is 2.98. The third kappa shape index (κ3) is 6.24. The first-order chi connectivity index (χ1) is 7.63. The molecule has 1 aliphatic rings. The van der Waals surface area contributed by atoms with E-state index in [2.05, 4.69) is 12.2 Å². The zero-order chi connectivity index (χ0) is 12.0. The van der Waals surface area contributed by atoms with E-state index in [4.69, 9.17) is 10.5 Å². The van der Waals surface area contributed by atoms with Gasteiger partial charge in [0.1, 0.15) is 0 Å². The number of nitrogens with one attached hydrogen (secondary N) is 1. The molecule has 0 aromatic rings. The summed E-state index contributed by atoms with van der Waals surface area (Å²) in [6.45, 7) is 3.44. The summed E-state index contributed by atoms with van der Waals surface area (Å²) in [6, 6.07) is 0.209. The van der Waals surface area contributed by atoms with Gasteiger partial charge in [-0.3, -0.25) is 4.79 Å². The first-order valence-corrected chi connectivity index (χ1v) is 6.15. The molecule has 5 heteroatoms. The number of methoxy groups -OCH3 is 1. The SMILES string of the molecule is COCC(C)CNC(=O)C1CCCC(N)C1.Cl. The van der Waals surface area contributed by atoms with E-state index in [0.717, 1.165) is 25.7 Å². The van der Waals surface area contributed by atoms with Gasteiger partial charge in [-0.1, -0.05) is 13.3 Å². The molecule has 0 saturated heterocycles. The molecule has 0 aromatic heterocycles. The predicted octanol–water partition coefficient (Wildman–Crippen LogP) is 1.32. The molecule has 17 heavy (non-hydrogen) atoms. The summed E-state index contributed by atoms with van der Waals surface area (Å²) >= 11 is 0. The Hall–Kier alpha value is -0.320. The number of amides is 1. The molecular weight excluding hydrogens is 240 g/mol. The van der Waals surface area contributed by atoms with Crippen LogP contribution in [0.5, 0.6) is 0 Å². The number of carbonyl (C=O) groups is 1. The second-order valence-electron chi connectivity index (χ2n) is 4.93. The maximum Gasteiger partial charge on any atom is 0.223 e. The minimum Gasteiger partial charge on any atom is -0.384 e. The van der Waals surface area contributed by atoms with Crippen LogP contribution in [-0.2, 0) is 9.53 Å². The van der Waals surface area contributed by atoms with E-state index in [1.54, 1.807) is 7.11 Å². The molecule has 4 nitrogen and oxygen atoms in total. The van der Waals surface area contributed by atoms with Crippen molar-refractivity contribution in [2.75, 3.05) is 20.3 Å². The average Bonchev–Trinajstić information content (AvgIpc) is 2.26. The van der Waals surface area contributed by atoms with Crippen molar-refractivity contribution in [1.29, 1.82) is 0 Å². The third-order valence-electron chi connectivity index (χ3n) is 3.16. The van der Waals surface area contributed by atoms with Crippen molar-refractivity contribution < 1.29 is 9.53 Å². The highest BCUT2D eigenvalue weighted by Crippen LogP contribution is 2.23. The van der Waals surface area contributed by atoms with Gasteiger partial charge in [0.25, 0.3) is 0 Å². The van der Waals surface area contributed by atoms with E-state index < -0.39 is 0 Å². The number of rotatable bonds is 5. The van der Waals surface area contributed by atoms with Crippen LogP contribution in [0.4, 0.5) is 0 Å². The Balaban J connectivity index is 0.00000256. The Morgan fingerprint density at radius 3 is 2.82 bits per heavy atom. The number of halogens is 1. The molecule has 1 rings (SSSR count). The monoisotopic (exact) mass is 264 g/mol. The van der Waals surface area contributed by atoms with Crippen LogP contribution in [0.1, 0.15) is 32.6 Å². The highest BCUT2D eigenvalue weighted by atomic mass is 35.5. The molecule has 102 valence electrons. The fraction of sp³-hybridized carbons (Fsp3) is 0.917. The van der Waals surface area contributed by atoms with Gasteiger partial charge in [0.05, 0.1) is 6.61 Å². The molecule has 1 saturated carbocycles. The molecule has 3 N–H and O–H groups in total. The van der Waals surface area contributed by atoms with Crippen molar-refractivity contribution in [2.45, 2.75) is 38.6 Å². The summed E-state index contributed by atoms with van der Waals surface area (Å²) in [5.74, 6) is 0.655. The summed E-state index contributed by atoms with van der Waals surface area (Å²) in [7, 11) is 1.68. The molecule has 3 atom stereocenters. The average molecular weight is 265 g/mol. The molecular formula is C12H25ClN2O2. The topological polar surface area (TPSA) is 64.3 Å². The normalized spacial score (nSPS) is 25.8. The minimum absolute atomic E-state index is 0. The van der Waals surface area contributed by atoms with Gasteiger partial charge >= 0.3 is 0 Å². The second-order valence-corrected chi connectivity index (χ2v) is 4.93. The zero-order valence-corrected chi connectivity index (χ0v) is 11.6. The quantitative estimate of drug-likeness (QED) is 0.787. The molecule has 1 fully saturated rings. The van der Waals surface area contributed by atoms with Crippen LogP contribution >= 0.6 is 12.4 Å². The molecule has 0 heterocycles. The van der Waals surface area contributed by atoms with Crippen LogP contribution < -0.4 is 11.1 Å². The standard InChI is InChI=1S/C12H24N2O2.ClH/c1-9(8-16-2)7-14-12(15)10-4-3-5-11(13)6-10;/h9-11H,3-8,13H2,1-2H3,(H,14,15);1H. The van der Waals surface area contributed by atoms with Crippen molar-refractivity contribution in [3.05, 3.63) is 0 Å². The predicted molar refractivity (Wildman–Crippen MR) is 71.2 cm³/mol. The highest BCUT2D eigenvalue weighted by molar-refractivity contribution is 5.85. The third-order valence-corrected chi connectivity index (χ3v) is 3.16. The van der Waals surface area contributed by atoms with Gasteiger partial charge in [0.15, 0.2) is 0 Å². The molecule has 1 amide bonds. The Kier molecular flexibility index (Phi) is 8.56. The molecule has 0 radical (unpaired) electrons. The van der Waals surface area contributed by atoms with Crippen LogP contribution in [0.25, 0.3) is 0 Å². The first kappa shape index (κ1) is 16.7. The molecule has 0 spiro atoms. The van der Waals surface area contributed by atoms with Gasteiger partial charge in [-0.15, -0.1) is 12.4 Å².